The summed E-state index contributed by atoms with van der Waals surface area (Å²) >= 11 is 0. The van der Waals surface area contributed by atoms with Crippen LogP contribution in [0.3, 0.4) is 0 Å². The summed E-state index contributed by atoms with van der Waals surface area (Å²) in [6.07, 6.45) is -5.08. The molecule has 0 aliphatic rings. The van der Waals surface area contributed by atoms with Gasteiger partial charge in [0.2, 0.25) is 0 Å². The molecule has 11 heteroatoms. The van der Waals surface area contributed by atoms with Crippen LogP contribution in [0.4, 0.5) is 13.2 Å². The predicted octanol–water partition coefficient (Wildman–Crippen LogP) is 5.12. The highest BCUT2D eigenvalue weighted by Gasteiger charge is 2.38. The van der Waals surface area contributed by atoms with Gasteiger partial charge in [-0.3, -0.25) is 0 Å². The van der Waals surface area contributed by atoms with Gasteiger partial charge < -0.3 is 29.7 Å². The minimum absolute atomic E-state index is 0.292. The second-order valence-electron chi connectivity index (χ2n) is 7.21. The second-order valence-corrected chi connectivity index (χ2v) is 7.21. The van der Waals surface area contributed by atoms with Crippen molar-refractivity contribution in [2.45, 2.75) is 19.3 Å². The quantitative estimate of drug-likeness (QED) is 0.366. The Morgan fingerprint density at radius 2 is 1.31 bits per heavy atom. The van der Waals surface area contributed by atoms with Crippen molar-refractivity contribution in [2.24, 2.45) is 0 Å². The van der Waals surface area contributed by atoms with E-state index >= 15 is 0 Å². The van der Waals surface area contributed by atoms with Crippen LogP contribution in [0.2, 0.25) is 0 Å². The zero-order chi connectivity index (χ0) is 26.7. The minimum atomic E-state index is -5.08. The normalized spacial score (nSPS) is 10.6. The number of carbonyl (C=O) groups is 2. The lowest BCUT2D eigenvalue weighted by molar-refractivity contribution is -0.192. The molecule has 0 radical (unpaired) electrons. The number of carboxylic acids is 2. The van der Waals surface area contributed by atoms with E-state index in [1.165, 1.54) is 0 Å². The summed E-state index contributed by atoms with van der Waals surface area (Å²) in [6.45, 7) is 1.24. The first kappa shape index (κ1) is 28.0. The molecule has 0 bridgehead atoms. The van der Waals surface area contributed by atoms with E-state index in [0.717, 1.165) is 11.1 Å². The van der Waals surface area contributed by atoms with E-state index in [1.807, 2.05) is 30.3 Å². The molecule has 0 spiro atoms. The molecular weight excluding hydrogens is 483 g/mol. The Morgan fingerprint density at radius 1 is 0.778 bits per heavy atom. The first-order chi connectivity index (χ1) is 17.0. The lowest BCUT2D eigenvalue weighted by Gasteiger charge is -2.11. The van der Waals surface area contributed by atoms with Crippen molar-refractivity contribution in [3.8, 4) is 23.0 Å². The maximum Gasteiger partial charge on any atom is 0.490 e. The number of methoxy groups -OCH3 is 2. The van der Waals surface area contributed by atoms with Crippen LogP contribution < -0.4 is 19.5 Å². The van der Waals surface area contributed by atoms with Crippen molar-refractivity contribution in [1.29, 1.82) is 0 Å². The van der Waals surface area contributed by atoms with Crippen LogP contribution in [0.25, 0.3) is 0 Å². The van der Waals surface area contributed by atoms with Crippen molar-refractivity contribution in [1.82, 2.24) is 5.32 Å². The summed E-state index contributed by atoms with van der Waals surface area (Å²) < 4.78 is 48.1. The first-order valence-electron chi connectivity index (χ1n) is 10.3. The summed E-state index contributed by atoms with van der Waals surface area (Å²) in [6, 6.07) is 20.0. The Bertz CT molecular complexity index is 1140. The van der Waals surface area contributed by atoms with Gasteiger partial charge in [0.1, 0.15) is 23.0 Å². The largest absolute Gasteiger partial charge is 0.496 e. The number of hydrogen-bond donors (Lipinski definition) is 3. The third-order valence-electron chi connectivity index (χ3n) is 4.56. The Kier molecular flexibility index (Phi) is 10.1. The number of aromatic carboxylic acids is 1. The molecule has 3 rings (SSSR count). The van der Waals surface area contributed by atoms with Gasteiger partial charge in [0.25, 0.3) is 0 Å². The lowest BCUT2D eigenvalue weighted by Crippen LogP contribution is -2.21. The molecule has 0 fully saturated rings. The van der Waals surface area contributed by atoms with Gasteiger partial charge in [-0.15, -0.1) is 0 Å². The Hall–Kier alpha value is -4.25. The van der Waals surface area contributed by atoms with Crippen molar-refractivity contribution in [2.75, 3.05) is 14.2 Å². The molecule has 3 N–H and O–H groups in total. The van der Waals surface area contributed by atoms with E-state index in [0.29, 0.717) is 41.7 Å². The van der Waals surface area contributed by atoms with E-state index in [-0.39, 0.29) is 0 Å². The average Bonchev–Trinajstić information content (AvgIpc) is 2.84. The van der Waals surface area contributed by atoms with E-state index < -0.39 is 18.1 Å². The summed E-state index contributed by atoms with van der Waals surface area (Å²) in [5, 5.41) is 19.5. The molecule has 0 aliphatic heterocycles. The fraction of sp³-hybridized carbons (Fsp3) is 0.200. The highest BCUT2D eigenvalue weighted by Crippen LogP contribution is 2.30. The van der Waals surface area contributed by atoms with Crippen molar-refractivity contribution < 1.29 is 47.2 Å². The SMILES string of the molecule is COc1cc(OC)cc(Oc2ccc(CNCc3cccc(C(=O)O)c3)cc2)c1.O=C(O)C(F)(F)F. The smallest absolute Gasteiger partial charge is 0.490 e. The number of aliphatic carboxylic acids is 1. The maximum absolute atomic E-state index is 11.0. The van der Waals surface area contributed by atoms with E-state index in [1.54, 1.807) is 50.6 Å². The molecule has 0 saturated carbocycles. The van der Waals surface area contributed by atoms with Gasteiger partial charge in [-0.05, 0) is 35.4 Å². The maximum atomic E-state index is 11.0. The van der Waals surface area contributed by atoms with Gasteiger partial charge in [-0.1, -0.05) is 24.3 Å². The lowest BCUT2D eigenvalue weighted by atomic mass is 10.1. The summed E-state index contributed by atoms with van der Waals surface area (Å²) in [5.41, 5.74) is 2.31. The van der Waals surface area contributed by atoms with E-state index in [4.69, 9.17) is 29.2 Å². The molecule has 0 saturated heterocycles. The molecule has 0 amide bonds. The van der Waals surface area contributed by atoms with Crippen LogP contribution in [-0.4, -0.2) is 42.5 Å². The number of hydrogen-bond acceptors (Lipinski definition) is 6. The second kappa shape index (κ2) is 13.0. The molecule has 0 aliphatic carbocycles. The molecule has 36 heavy (non-hydrogen) atoms. The number of halogens is 3. The van der Waals surface area contributed by atoms with Crippen LogP contribution in [0, 0.1) is 0 Å². The fourth-order valence-corrected chi connectivity index (χ4v) is 2.82. The molecule has 0 heterocycles. The molecule has 0 atom stereocenters. The zero-order valence-electron chi connectivity index (χ0n) is 19.3. The molecule has 0 aromatic heterocycles. The highest BCUT2D eigenvalue weighted by molar-refractivity contribution is 5.87. The number of benzene rings is 3. The summed E-state index contributed by atoms with van der Waals surface area (Å²) in [5.74, 6) is -1.02. The van der Waals surface area contributed by atoms with Crippen LogP contribution in [-0.2, 0) is 17.9 Å². The molecule has 8 nitrogen and oxygen atoms in total. The minimum Gasteiger partial charge on any atom is -0.496 e. The summed E-state index contributed by atoms with van der Waals surface area (Å²) in [7, 11) is 3.19. The topological polar surface area (TPSA) is 114 Å². The Morgan fingerprint density at radius 3 is 1.81 bits per heavy atom. The number of ether oxygens (including phenoxy) is 3. The van der Waals surface area contributed by atoms with Gasteiger partial charge >= 0.3 is 18.1 Å². The number of rotatable bonds is 9. The standard InChI is InChI=1S/C23H23NO5.C2HF3O2/c1-27-20-11-21(28-2)13-22(12-20)29-19-8-6-16(7-9-19)14-24-15-17-4-3-5-18(10-17)23(25)26;3-2(4,5)1(6)7/h3-13,24H,14-15H2,1-2H3,(H,25,26);(H,6,7). The van der Waals surface area contributed by atoms with Crippen molar-refractivity contribution in [3.63, 3.8) is 0 Å². The summed E-state index contributed by atoms with van der Waals surface area (Å²) in [4.78, 5) is 19.9. The van der Waals surface area contributed by atoms with Crippen LogP contribution in [0.1, 0.15) is 21.5 Å². The predicted molar refractivity (Wildman–Crippen MR) is 124 cm³/mol. The van der Waals surface area contributed by atoms with Gasteiger partial charge in [-0.2, -0.15) is 13.2 Å². The van der Waals surface area contributed by atoms with Gasteiger partial charge in [0.15, 0.2) is 0 Å². The molecular formula is C25H24F3NO7. The van der Waals surface area contributed by atoms with Crippen LogP contribution >= 0.6 is 0 Å². The number of carboxylic acid groups (broad SMARTS) is 2. The molecule has 192 valence electrons. The van der Waals surface area contributed by atoms with Crippen LogP contribution in [0.15, 0.2) is 66.7 Å². The van der Waals surface area contributed by atoms with Gasteiger partial charge in [0.05, 0.1) is 19.8 Å². The highest BCUT2D eigenvalue weighted by atomic mass is 19.4. The first-order valence-corrected chi connectivity index (χ1v) is 10.3. The van der Waals surface area contributed by atoms with Crippen molar-refractivity contribution in [3.05, 3.63) is 83.4 Å². The molecule has 3 aromatic carbocycles. The van der Waals surface area contributed by atoms with Crippen molar-refractivity contribution >= 4 is 11.9 Å². The average molecular weight is 507 g/mol. The van der Waals surface area contributed by atoms with Gasteiger partial charge in [0, 0.05) is 31.3 Å². The monoisotopic (exact) mass is 507 g/mol. The third kappa shape index (κ3) is 9.18. The van der Waals surface area contributed by atoms with E-state index in [2.05, 4.69) is 5.32 Å². The number of nitrogens with one attached hydrogen (secondary N) is 1. The fourth-order valence-electron chi connectivity index (χ4n) is 2.82. The molecule has 3 aromatic rings. The Labute approximate surface area is 204 Å². The van der Waals surface area contributed by atoms with E-state index in [9.17, 15) is 18.0 Å². The van der Waals surface area contributed by atoms with Crippen LogP contribution in [0.5, 0.6) is 23.0 Å². The number of alkyl halides is 3. The third-order valence-corrected chi connectivity index (χ3v) is 4.56. The zero-order valence-corrected chi connectivity index (χ0v) is 19.3. The van der Waals surface area contributed by atoms with Gasteiger partial charge in [-0.25, -0.2) is 9.59 Å². The Balaban J connectivity index is 0.000000572. The molecule has 0 unspecified atom stereocenters.